The van der Waals surface area contributed by atoms with E-state index in [0.717, 1.165) is 25.9 Å². The molecule has 132 valence electrons. The van der Waals surface area contributed by atoms with Crippen LogP contribution in [-0.2, 0) is 17.8 Å². The Morgan fingerprint density at radius 3 is 2.62 bits per heavy atom. The van der Waals surface area contributed by atoms with Crippen LogP contribution in [0.25, 0.3) is 0 Å². The average Bonchev–Trinajstić information content (AvgIpc) is 3.00. The summed E-state index contributed by atoms with van der Waals surface area (Å²) in [5.41, 5.74) is 8.33. The van der Waals surface area contributed by atoms with E-state index in [-0.39, 0.29) is 30.4 Å². The van der Waals surface area contributed by atoms with E-state index in [1.807, 2.05) is 12.1 Å². The Kier molecular flexibility index (Phi) is 6.45. The van der Waals surface area contributed by atoms with Crippen LogP contribution in [0.4, 0.5) is 4.79 Å². The minimum atomic E-state index is -0.0922. The first-order chi connectivity index (χ1) is 11.1. The quantitative estimate of drug-likeness (QED) is 0.855. The highest BCUT2D eigenvalue weighted by Crippen LogP contribution is 2.18. The Morgan fingerprint density at radius 2 is 1.92 bits per heavy atom. The third-order valence-electron chi connectivity index (χ3n) is 4.61. The summed E-state index contributed by atoms with van der Waals surface area (Å²) in [6.07, 6.45) is 2.09. The van der Waals surface area contributed by atoms with Crippen molar-refractivity contribution in [1.82, 2.24) is 15.1 Å². The van der Waals surface area contributed by atoms with E-state index in [0.29, 0.717) is 26.1 Å². The van der Waals surface area contributed by atoms with Gasteiger partial charge in [-0.05, 0) is 24.0 Å². The number of fused-ring (bicyclic) bond motifs is 1. The van der Waals surface area contributed by atoms with Gasteiger partial charge in [-0.15, -0.1) is 12.4 Å². The van der Waals surface area contributed by atoms with Crippen LogP contribution >= 0.6 is 12.4 Å². The Balaban J connectivity index is 0.00000208. The third kappa shape index (κ3) is 4.39. The molecule has 1 fully saturated rings. The summed E-state index contributed by atoms with van der Waals surface area (Å²) in [6.45, 7) is 3.10. The van der Waals surface area contributed by atoms with Crippen LogP contribution in [0.2, 0.25) is 0 Å². The van der Waals surface area contributed by atoms with Gasteiger partial charge in [-0.25, -0.2) is 4.79 Å². The van der Waals surface area contributed by atoms with Crippen molar-refractivity contribution in [1.29, 1.82) is 0 Å². The molecule has 3 amide bonds. The van der Waals surface area contributed by atoms with Gasteiger partial charge in [-0.2, -0.15) is 0 Å². The lowest BCUT2D eigenvalue weighted by Gasteiger charge is -2.29. The fourth-order valence-electron chi connectivity index (χ4n) is 3.23. The lowest BCUT2D eigenvalue weighted by Crippen LogP contribution is -2.44. The van der Waals surface area contributed by atoms with Gasteiger partial charge in [0.25, 0.3) is 0 Å². The maximum Gasteiger partial charge on any atom is 0.317 e. The molecule has 6 nitrogen and oxygen atoms in total. The van der Waals surface area contributed by atoms with Crippen molar-refractivity contribution in [2.45, 2.75) is 31.8 Å². The molecule has 1 atom stereocenters. The molecule has 3 N–H and O–H groups in total. The number of carbonyl (C=O) groups excluding carboxylic acids is 2. The Labute approximate surface area is 148 Å². The van der Waals surface area contributed by atoms with Crippen molar-refractivity contribution < 1.29 is 9.59 Å². The van der Waals surface area contributed by atoms with Gasteiger partial charge in [-0.3, -0.25) is 4.79 Å². The first-order valence-electron chi connectivity index (χ1n) is 8.26. The zero-order chi connectivity index (χ0) is 16.2. The SMILES string of the molecule is Cl.N[C@@H]1CCN(C(=O)CCNC(=O)N2CCc3ccccc3C2)C1. The summed E-state index contributed by atoms with van der Waals surface area (Å²) < 4.78 is 0. The molecule has 0 bridgehead atoms. The van der Waals surface area contributed by atoms with Crippen LogP contribution in [0.15, 0.2) is 24.3 Å². The molecule has 0 aliphatic carbocycles. The largest absolute Gasteiger partial charge is 0.341 e. The number of halogens is 1. The second kappa shape index (κ2) is 8.35. The Bertz CT molecular complexity index is 596. The Hall–Kier alpha value is -1.79. The standard InChI is InChI=1S/C17H24N4O2.ClH/c18-15-7-10-20(12-15)16(22)5-8-19-17(23)21-9-6-13-3-1-2-4-14(13)11-21;/h1-4,15H,5-12,18H2,(H,19,23);1H/t15-;/m1./s1. The smallest absolute Gasteiger partial charge is 0.317 e. The molecule has 1 saturated heterocycles. The predicted molar refractivity (Wildman–Crippen MR) is 95.0 cm³/mol. The molecule has 0 aromatic heterocycles. The molecule has 1 aromatic rings. The third-order valence-corrected chi connectivity index (χ3v) is 4.61. The van der Waals surface area contributed by atoms with Crippen molar-refractivity contribution in [3.05, 3.63) is 35.4 Å². The summed E-state index contributed by atoms with van der Waals surface area (Å²) in [5.74, 6) is 0.0715. The number of carbonyl (C=O) groups is 2. The minimum Gasteiger partial charge on any atom is -0.341 e. The van der Waals surface area contributed by atoms with E-state index < -0.39 is 0 Å². The van der Waals surface area contributed by atoms with Crippen LogP contribution in [-0.4, -0.2) is 54.0 Å². The molecule has 1 aromatic carbocycles. The second-order valence-corrected chi connectivity index (χ2v) is 6.31. The van der Waals surface area contributed by atoms with Gasteiger partial charge in [0.05, 0.1) is 0 Å². The number of hydrogen-bond acceptors (Lipinski definition) is 3. The predicted octanol–water partition coefficient (Wildman–Crippen LogP) is 1.13. The van der Waals surface area contributed by atoms with Crippen LogP contribution in [0.3, 0.4) is 0 Å². The van der Waals surface area contributed by atoms with Gasteiger partial charge in [-0.1, -0.05) is 24.3 Å². The topological polar surface area (TPSA) is 78.7 Å². The highest BCUT2D eigenvalue weighted by Gasteiger charge is 2.24. The van der Waals surface area contributed by atoms with Gasteiger partial charge >= 0.3 is 6.03 Å². The van der Waals surface area contributed by atoms with E-state index in [1.165, 1.54) is 11.1 Å². The van der Waals surface area contributed by atoms with Gasteiger partial charge < -0.3 is 20.9 Å². The van der Waals surface area contributed by atoms with Gasteiger partial charge in [0.15, 0.2) is 0 Å². The molecule has 2 aliphatic rings. The van der Waals surface area contributed by atoms with Crippen molar-refractivity contribution >= 4 is 24.3 Å². The highest BCUT2D eigenvalue weighted by atomic mass is 35.5. The highest BCUT2D eigenvalue weighted by molar-refractivity contribution is 5.85. The monoisotopic (exact) mass is 352 g/mol. The molecule has 24 heavy (non-hydrogen) atoms. The van der Waals surface area contributed by atoms with Crippen molar-refractivity contribution in [3.8, 4) is 0 Å². The lowest BCUT2D eigenvalue weighted by atomic mass is 10.0. The number of rotatable bonds is 3. The fourth-order valence-corrected chi connectivity index (χ4v) is 3.23. The average molecular weight is 353 g/mol. The zero-order valence-electron chi connectivity index (χ0n) is 13.7. The molecular formula is C17H25ClN4O2. The number of likely N-dealkylation sites (tertiary alicyclic amines) is 1. The number of nitrogens with zero attached hydrogens (tertiary/aromatic N) is 2. The molecule has 2 heterocycles. The Morgan fingerprint density at radius 1 is 1.17 bits per heavy atom. The van der Waals surface area contributed by atoms with Crippen LogP contribution < -0.4 is 11.1 Å². The van der Waals surface area contributed by atoms with E-state index in [1.54, 1.807) is 9.80 Å². The number of nitrogens with one attached hydrogen (secondary N) is 1. The number of urea groups is 1. The summed E-state index contributed by atoms with van der Waals surface area (Å²) in [6, 6.07) is 8.22. The molecule has 0 radical (unpaired) electrons. The van der Waals surface area contributed by atoms with Crippen LogP contribution in [0.5, 0.6) is 0 Å². The first-order valence-corrected chi connectivity index (χ1v) is 8.26. The van der Waals surface area contributed by atoms with Gasteiger partial charge in [0, 0.05) is 45.2 Å². The van der Waals surface area contributed by atoms with Gasteiger partial charge in [0.2, 0.25) is 5.91 Å². The number of hydrogen-bond donors (Lipinski definition) is 2. The van der Waals surface area contributed by atoms with E-state index in [9.17, 15) is 9.59 Å². The van der Waals surface area contributed by atoms with Crippen molar-refractivity contribution in [2.75, 3.05) is 26.2 Å². The summed E-state index contributed by atoms with van der Waals surface area (Å²) >= 11 is 0. The fraction of sp³-hybridized carbons (Fsp3) is 0.529. The number of amides is 3. The number of benzene rings is 1. The maximum atomic E-state index is 12.2. The molecule has 3 rings (SSSR count). The maximum absolute atomic E-state index is 12.2. The molecule has 0 spiro atoms. The molecule has 0 unspecified atom stereocenters. The van der Waals surface area contributed by atoms with Gasteiger partial charge in [0.1, 0.15) is 0 Å². The van der Waals surface area contributed by atoms with Crippen LogP contribution in [0.1, 0.15) is 24.0 Å². The van der Waals surface area contributed by atoms with Crippen molar-refractivity contribution in [3.63, 3.8) is 0 Å². The summed E-state index contributed by atoms with van der Waals surface area (Å²) in [7, 11) is 0. The molecule has 7 heteroatoms. The zero-order valence-corrected chi connectivity index (χ0v) is 14.6. The minimum absolute atomic E-state index is 0. The molecular weight excluding hydrogens is 328 g/mol. The van der Waals surface area contributed by atoms with E-state index in [2.05, 4.69) is 17.4 Å². The second-order valence-electron chi connectivity index (χ2n) is 6.31. The molecule has 0 saturated carbocycles. The summed E-state index contributed by atoms with van der Waals surface area (Å²) in [4.78, 5) is 27.8. The lowest BCUT2D eigenvalue weighted by molar-refractivity contribution is -0.130. The summed E-state index contributed by atoms with van der Waals surface area (Å²) in [5, 5.41) is 2.86. The van der Waals surface area contributed by atoms with Crippen LogP contribution in [0, 0.1) is 0 Å². The molecule has 2 aliphatic heterocycles. The first kappa shape index (κ1) is 18.5. The normalized spacial score (nSPS) is 19.5. The van der Waals surface area contributed by atoms with E-state index >= 15 is 0 Å². The number of nitrogens with two attached hydrogens (primary N) is 1. The van der Waals surface area contributed by atoms with E-state index in [4.69, 9.17) is 5.73 Å². The van der Waals surface area contributed by atoms with Crippen molar-refractivity contribution in [2.24, 2.45) is 5.73 Å².